The standard InChI is InChI=1S/C22H23N5O7S/c1-25-9-11-26(12-10-25)21(29)14-33-16-3-6-18(7-4-16)35(30,31)34-17-5-8-20-19(13-17)24-22(32-2)27(20)23-15-28/h3-8,13H,9-12,14H2,1-2H3. The Morgan fingerprint density at radius 2 is 1.77 bits per heavy atom. The van der Waals surface area contributed by atoms with Crippen molar-refractivity contribution in [1.82, 2.24) is 19.5 Å². The Kier molecular flexibility index (Phi) is 7.01. The maximum atomic E-state index is 12.7. The maximum Gasteiger partial charge on any atom is 0.339 e. The van der Waals surface area contributed by atoms with Crippen molar-refractivity contribution in [3.05, 3.63) is 42.5 Å². The van der Waals surface area contributed by atoms with E-state index >= 15 is 0 Å². The Hall–Kier alpha value is -3.93. The molecule has 0 aliphatic carbocycles. The van der Waals surface area contributed by atoms with E-state index in [1.807, 2.05) is 7.05 Å². The van der Waals surface area contributed by atoms with E-state index in [2.05, 4.69) is 15.0 Å². The summed E-state index contributed by atoms with van der Waals surface area (Å²) in [5, 5.41) is 3.51. The van der Waals surface area contributed by atoms with Crippen LogP contribution in [0.5, 0.6) is 17.5 Å². The lowest BCUT2D eigenvalue weighted by Crippen LogP contribution is -2.48. The number of isocyanates is 1. The highest BCUT2D eigenvalue weighted by Crippen LogP contribution is 2.27. The normalized spacial score (nSPS) is 14.4. The first-order chi connectivity index (χ1) is 16.8. The van der Waals surface area contributed by atoms with Crippen molar-refractivity contribution in [3.8, 4) is 17.5 Å². The second kappa shape index (κ2) is 10.1. The number of amides is 1. The first kappa shape index (κ1) is 24.2. The maximum absolute atomic E-state index is 12.7. The van der Waals surface area contributed by atoms with E-state index in [1.54, 1.807) is 4.90 Å². The van der Waals surface area contributed by atoms with Gasteiger partial charge in [0.25, 0.3) is 12.0 Å². The number of carbonyl (C=O) groups is 1. The van der Waals surface area contributed by atoms with Crippen molar-refractivity contribution < 1.29 is 31.7 Å². The molecule has 1 aliphatic heterocycles. The van der Waals surface area contributed by atoms with Crippen LogP contribution in [-0.4, -0.2) is 86.8 Å². The summed E-state index contributed by atoms with van der Waals surface area (Å²) < 4.78 is 42.4. The highest BCUT2D eigenvalue weighted by atomic mass is 32.2. The fourth-order valence-corrected chi connectivity index (χ4v) is 4.44. The predicted molar refractivity (Wildman–Crippen MR) is 124 cm³/mol. The lowest BCUT2D eigenvalue weighted by Gasteiger charge is -2.32. The highest BCUT2D eigenvalue weighted by Gasteiger charge is 2.21. The SMILES string of the molecule is COc1nc2cc(OS(=O)(=O)c3ccc(OCC(=O)N4CCN(C)CC4)cc3)ccc2n1N=C=O. The molecule has 1 saturated heterocycles. The summed E-state index contributed by atoms with van der Waals surface area (Å²) in [7, 11) is -0.796. The van der Waals surface area contributed by atoms with Gasteiger partial charge in [-0.3, -0.25) is 4.79 Å². The molecule has 1 aliphatic rings. The largest absolute Gasteiger partial charge is 0.484 e. The number of carbonyl (C=O) groups excluding carboxylic acids is 2. The third-order valence-corrected chi connectivity index (χ3v) is 6.69. The van der Waals surface area contributed by atoms with Gasteiger partial charge in [0.15, 0.2) is 6.61 Å². The van der Waals surface area contributed by atoms with Crippen LogP contribution in [0.3, 0.4) is 0 Å². The number of hydrogen-bond donors (Lipinski definition) is 0. The lowest BCUT2D eigenvalue weighted by molar-refractivity contribution is -0.134. The average Bonchev–Trinajstić information content (AvgIpc) is 3.20. The molecule has 4 rings (SSSR count). The number of aromatic nitrogens is 2. The van der Waals surface area contributed by atoms with Crippen LogP contribution in [0.1, 0.15) is 0 Å². The number of hydrogen-bond acceptors (Lipinski definition) is 10. The highest BCUT2D eigenvalue weighted by molar-refractivity contribution is 7.87. The summed E-state index contributed by atoms with van der Waals surface area (Å²) in [6.45, 7) is 2.80. The zero-order valence-electron chi connectivity index (χ0n) is 19.1. The minimum absolute atomic E-state index is 0.0120. The van der Waals surface area contributed by atoms with E-state index in [4.69, 9.17) is 13.7 Å². The first-order valence-corrected chi connectivity index (χ1v) is 12.0. The monoisotopic (exact) mass is 501 g/mol. The van der Waals surface area contributed by atoms with Crippen molar-refractivity contribution in [3.63, 3.8) is 0 Å². The van der Waals surface area contributed by atoms with Crippen LogP contribution < -0.4 is 13.7 Å². The third-order valence-electron chi connectivity index (χ3n) is 5.43. The minimum atomic E-state index is -4.16. The van der Waals surface area contributed by atoms with Crippen LogP contribution in [0.25, 0.3) is 11.0 Å². The molecule has 0 saturated carbocycles. The molecule has 35 heavy (non-hydrogen) atoms. The van der Waals surface area contributed by atoms with Gasteiger partial charge in [-0.05, 0) is 43.4 Å². The molecule has 2 aromatic carbocycles. The van der Waals surface area contributed by atoms with Crippen LogP contribution in [0, 0.1) is 0 Å². The van der Waals surface area contributed by atoms with Gasteiger partial charge in [-0.1, -0.05) is 5.10 Å². The van der Waals surface area contributed by atoms with Crippen molar-refractivity contribution in [1.29, 1.82) is 0 Å². The summed E-state index contributed by atoms with van der Waals surface area (Å²) in [4.78, 5) is 30.9. The molecule has 0 radical (unpaired) electrons. The quantitative estimate of drug-likeness (QED) is 0.252. The van der Waals surface area contributed by atoms with Crippen molar-refractivity contribution >= 4 is 33.1 Å². The van der Waals surface area contributed by atoms with Gasteiger partial charge < -0.3 is 23.5 Å². The number of nitrogens with zero attached hydrogens (tertiary/aromatic N) is 5. The molecule has 1 aromatic heterocycles. The smallest absolute Gasteiger partial charge is 0.339 e. The molecule has 184 valence electrons. The Balaban J connectivity index is 1.42. The van der Waals surface area contributed by atoms with Crippen LogP contribution in [-0.2, 0) is 19.7 Å². The Morgan fingerprint density at radius 1 is 1.09 bits per heavy atom. The van der Waals surface area contributed by atoms with E-state index in [0.717, 1.165) is 17.8 Å². The molecule has 0 spiro atoms. The lowest BCUT2D eigenvalue weighted by atomic mass is 10.3. The van der Waals surface area contributed by atoms with Crippen molar-refractivity contribution in [2.45, 2.75) is 4.90 Å². The van der Waals surface area contributed by atoms with Gasteiger partial charge in [0.05, 0.1) is 18.1 Å². The van der Waals surface area contributed by atoms with Gasteiger partial charge in [-0.25, -0.2) is 4.79 Å². The first-order valence-electron chi connectivity index (χ1n) is 10.6. The van der Waals surface area contributed by atoms with E-state index < -0.39 is 10.1 Å². The fourth-order valence-electron chi connectivity index (χ4n) is 3.52. The molecule has 13 heteroatoms. The van der Waals surface area contributed by atoms with E-state index in [0.29, 0.717) is 29.9 Å². The van der Waals surface area contributed by atoms with Crippen LogP contribution in [0.2, 0.25) is 0 Å². The van der Waals surface area contributed by atoms with Gasteiger partial charge in [-0.2, -0.15) is 18.1 Å². The van der Waals surface area contributed by atoms with Gasteiger partial charge in [0.1, 0.15) is 16.4 Å². The molecular formula is C22H23N5O7S. The Bertz CT molecular complexity index is 1370. The Morgan fingerprint density at radius 3 is 2.43 bits per heavy atom. The number of methoxy groups -OCH3 is 1. The average molecular weight is 502 g/mol. The van der Waals surface area contributed by atoms with Crippen molar-refractivity contribution in [2.75, 3.05) is 46.9 Å². The molecule has 3 aromatic rings. The van der Waals surface area contributed by atoms with E-state index in [1.165, 1.54) is 55.7 Å². The third kappa shape index (κ3) is 5.43. The summed E-state index contributed by atoms with van der Waals surface area (Å²) in [5.74, 6) is 0.255. The van der Waals surface area contributed by atoms with Gasteiger partial charge >= 0.3 is 16.1 Å². The zero-order valence-corrected chi connectivity index (χ0v) is 19.9. The van der Waals surface area contributed by atoms with Crippen LogP contribution >= 0.6 is 0 Å². The van der Waals surface area contributed by atoms with Crippen LogP contribution in [0.4, 0.5) is 0 Å². The molecule has 1 amide bonds. The number of ether oxygens (including phenoxy) is 2. The molecular weight excluding hydrogens is 478 g/mol. The summed E-state index contributed by atoms with van der Waals surface area (Å²) in [6.07, 6.45) is 1.41. The van der Waals surface area contributed by atoms with Gasteiger partial charge in [-0.15, -0.1) is 0 Å². The second-order valence-corrected chi connectivity index (χ2v) is 9.28. The number of benzene rings is 2. The molecule has 12 nitrogen and oxygen atoms in total. The molecule has 2 heterocycles. The number of fused-ring (bicyclic) bond motifs is 1. The number of imidazole rings is 1. The van der Waals surface area contributed by atoms with Gasteiger partial charge in [0.2, 0.25) is 0 Å². The zero-order chi connectivity index (χ0) is 25.0. The van der Waals surface area contributed by atoms with Crippen LogP contribution in [0.15, 0.2) is 52.5 Å². The summed E-state index contributed by atoms with van der Waals surface area (Å²) in [6, 6.07) is 9.89. The van der Waals surface area contributed by atoms with E-state index in [9.17, 15) is 18.0 Å². The molecule has 1 fully saturated rings. The summed E-state index contributed by atoms with van der Waals surface area (Å²) >= 11 is 0. The number of likely N-dealkylation sites (N-methyl/N-ethyl adjacent to an activating group) is 1. The molecule has 0 N–H and O–H groups in total. The molecule has 0 unspecified atom stereocenters. The Labute approximate surface area is 201 Å². The van der Waals surface area contributed by atoms with E-state index in [-0.39, 0.29) is 29.2 Å². The topological polar surface area (TPSA) is 133 Å². The number of piperazine rings is 1. The van der Waals surface area contributed by atoms with Gasteiger partial charge in [0, 0.05) is 32.2 Å². The van der Waals surface area contributed by atoms with Crippen molar-refractivity contribution in [2.24, 2.45) is 5.10 Å². The molecule has 0 atom stereocenters. The molecule has 0 bridgehead atoms. The minimum Gasteiger partial charge on any atom is -0.484 e. The number of rotatable bonds is 8. The second-order valence-electron chi connectivity index (χ2n) is 7.73. The predicted octanol–water partition coefficient (Wildman–Crippen LogP) is 1.06. The summed E-state index contributed by atoms with van der Waals surface area (Å²) in [5.41, 5.74) is 0.713. The fraction of sp³-hybridized carbons (Fsp3) is 0.318.